The SMILES string of the molecule is COC12C=CC(=O)C=C1c1ccccc1CO2. The second-order valence-corrected chi connectivity index (χ2v) is 4.11. The van der Waals surface area contributed by atoms with Crippen molar-refractivity contribution >= 4 is 11.4 Å². The van der Waals surface area contributed by atoms with Crippen molar-refractivity contribution in [3.8, 4) is 0 Å². The maximum Gasteiger partial charge on any atom is 0.216 e. The Morgan fingerprint density at radius 3 is 3.00 bits per heavy atom. The second-order valence-electron chi connectivity index (χ2n) is 4.11. The van der Waals surface area contributed by atoms with Gasteiger partial charge in [-0.2, -0.15) is 0 Å². The molecule has 3 rings (SSSR count). The van der Waals surface area contributed by atoms with E-state index in [4.69, 9.17) is 9.47 Å². The number of carbonyl (C=O) groups is 1. The highest BCUT2D eigenvalue weighted by Crippen LogP contribution is 2.41. The van der Waals surface area contributed by atoms with E-state index in [0.717, 1.165) is 16.7 Å². The molecule has 1 aliphatic heterocycles. The van der Waals surface area contributed by atoms with Crippen molar-refractivity contribution < 1.29 is 14.3 Å². The van der Waals surface area contributed by atoms with Gasteiger partial charge >= 0.3 is 0 Å². The monoisotopic (exact) mass is 228 g/mol. The molecule has 2 aliphatic rings. The van der Waals surface area contributed by atoms with Crippen molar-refractivity contribution in [1.82, 2.24) is 0 Å². The Morgan fingerprint density at radius 1 is 1.35 bits per heavy atom. The molecule has 0 saturated carbocycles. The first-order valence-corrected chi connectivity index (χ1v) is 5.48. The zero-order chi connectivity index (χ0) is 11.9. The first-order valence-electron chi connectivity index (χ1n) is 5.48. The molecule has 1 heterocycles. The fraction of sp³-hybridized carbons (Fsp3) is 0.214. The van der Waals surface area contributed by atoms with Crippen LogP contribution in [0.25, 0.3) is 5.57 Å². The van der Waals surface area contributed by atoms with Gasteiger partial charge in [-0.1, -0.05) is 24.3 Å². The Hall–Kier alpha value is -1.71. The van der Waals surface area contributed by atoms with Gasteiger partial charge in [0, 0.05) is 12.7 Å². The molecule has 0 saturated heterocycles. The maximum absolute atomic E-state index is 11.5. The third kappa shape index (κ3) is 1.47. The molecular formula is C14H12O3. The lowest BCUT2D eigenvalue weighted by molar-refractivity contribution is -0.159. The van der Waals surface area contributed by atoms with Crippen LogP contribution in [0.15, 0.2) is 42.5 Å². The molecule has 1 atom stereocenters. The average molecular weight is 228 g/mol. The van der Waals surface area contributed by atoms with Crippen molar-refractivity contribution in [2.75, 3.05) is 7.11 Å². The molecule has 0 amide bonds. The summed E-state index contributed by atoms with van der Waals surface area (Å²) in [4.78, 5) is 11.5. The lowest BCUT2D eigenvalue weighted by atomic mass is 9.87. The van der Waals surface area contributed by atoms with E-state index in [9.17, 15) is 4.79 Å². The smallest absolute Gasteiger partial charge is 0.216 e. The van der Waals surface area contributed by atoms with Crippen molar-refractivity contribution in [3.05, 3.63) is 53.6 Å². The lowest BCUT2D eigenvalue weighted by Gasteiger charge is -2.38. The molecule has 0 spiro atoms. The van der Waals surface area contributed by atoms with Crippen LogP contribution in [0, 0.1) is 0 Å². The summed E-state index contributed by atoms with van der Waals surface area (Å²) in [5.74, 6) is -0.935. The molecule has 0 fully saturated rings. The number of methoxy groups -OCH3 is 1. The molecule has 1 aromatic rings. The summed E-state index contributed by atoms with van der Waals surface area (Å²) >= 11 is 0. The molecule has 0 bridgehead atoms. The number of hydrogen-bond acceptors (Lipinski definition) is 3. The van der Waals surface area contributed by atoms with E-state index in [1.54, 1.807) is 19.3 Å². The number of allylic oxidation sites excluding steroid dienone is 2. The number of carbonyl (C=O) groups excluding carboxylic acids is 1. The molecule has 0 aromatic heterocycles. The molecule has 3 nitrogen and oxygen atoms in total. The summed E-state index contributed by atoms with van der Waals surface area (Å²) in [6.07, 6.45) is 4.75. The number of benzene rings is 1. The van der Waals surface area contributed by atoms with Gasteiger partial charge < -0.3 is 9.47 Å². The molecule has 1 aromatic carbocycles. The quantitative estimate of drug-likeness (QED) is 0.738. The number of ketones is 1. The van der Waals surface area contributed by atoms with Gasteiger partial charge in [0.2, 0.25) is 5.79 Å². The standard InChI is InChI=1S/C14H12O3/c1-16-14-7-6-11(15)8-13(14)12-5-3-2-4-10(12)9-17-14/h2-8H,9H2,1H3. The van der Waals surface area contributed by atoms with Crippen LogP contribution in [0.5, 0.6) is 0 Å². The molecule has 1 unspecified atom stereocenters. The third-order valence-corrected chi connectivity index (χ3v) is 3.18. The van der Waals surface area contributed by atoms with Crippen molar-refractivity contribution in [3.63, 3.8) is 0 Å². The predicted octanol–water partition coefficient (Wildman–Crippen LogP) is 2.08. The van der Waals surface area contributed by atoms with Crippen LogP contribution in [0.3, 0.4) is 0 Å². The highest BCUT2D eigenvalue weighted by atomic mass is 16.7. The largest absolute Gasteiger partial charge is 0.346 e. The van der Waals surface area contributed by atoms with Gasteiger partial charge in [-0.05, 0) is 29.4 Å². The minimum Gasteiger partial charge on any atom is -0.346 e. The van der Waals surface area contributed by atoms with Gasteiger partial charge in [-0.25, -0.2) is 0 Å². The second kappa shape index (κ2) is 3.65. The topological polar surface area (TPSA) is 35.5 Å². The zero-order valence-electron chi connectivity index (χ0n) is 9.47. The normalized spacial score (nSPS) is 26.2. The Labute approximate surface area is 99.3 Å². The van der Waals surface area contributed by atoms with Gasteiger partial charge in [0.25, 0.3) is 0 Å². The van der Waals surface area contributed by atoms with E-state index in [1.165, 1.54) is 6.08 Å². The van der Waals surface area contributed by atoms with Gasteiger partial charge in [0.1, 0.15) is 0 Å². The highest BCUT2D eigenvalue weighted by Gasteiger charge is 2.40. The fourth-order valence-corrected chi connectivity index (χ4v) is 2.29. The summed E-state index contributed by atoms with van der Waals surface area (Å²) in [7, 11) is 1.59. The van der Waals surface area contributed by atoms with Crippen molar-refractivity contribution in [1.29, 1.82) is 0 Å². The van der Waals surface area contributed by atoms with Gasteiger partial charge in [0.05, 0.1) is 6.61 Å². The van der Waals surface area contributed by atoms with Crippen LogP contribution in [-0.4, -0.2) is 18.7 Å². The minimum atomic E-state index is -0.901. The van der Waals surface area contributed by atoms with E-state index >= 15 is 0 Å². The van der Waals surface area contributed by atoms with Crippen LogP contribution >= 0.6 is 0 Å². The van der Waals surface area contributed by atoms with E-state index in [0.29, 0.717) is 6.61 Å². The van der Waals surface area contributed by atoms with Crippen LogP contribution in [-0.2, 0) is 20.9 Å². The molecule has 0 N–H and O–H groups in total. The first kappa shape index (κ1) is 10.4. The third-order valence-electron chi connectivity index (χ3n) is 3.18. The fourth-order valence-electron chi connectivity index (χ4n) is 2.29. The van der Waals surface area contributed by atoms with Crippen molar-refractivity contribution in [2.45, 2.75) is 12.4 Å². The van der Waals surface area contributed by atoms with Gasteiger partial charge in [0.15, 0.2) is 5.78 Å². The first-order chi connectivity index (χ1) is 8.25. The Kier molecular flexibility index (Phi) is 2.24. The molecule has 3 heteroatoms. The summed E-state index contributed by atoms with van der Waals surface area (Å²) in [6, 6.07) is 7.90. The molecule has 0 radical (unpaired) electrons. The summed E-state index contributed by atoms with van der Waals surface area (Å²) in [5.41, 5.74) is 2.89. The number of ether oxygens (including phenoxy) is 2. The number of rotatable bonds is 1. The zero-order valence-corrected chi connectivity index (χ0v) is 9.47. The van der Waals surface area contributed by atoms with Crippen LogP contribution in [0.2, 0.25) is 0 Å². The van der Waals surface area contributed by atoms with Crippen molar-refractivity contribution in [2.24, 2.45) is 0 Å². The molecular weight excluding hydrogens is 216 g/mol. The summed E-state index contributed by atoms with van der Waals surface area (Å²) in [5, 5.41) is 0. The molecule has 17 heavy (non-hydrogen) atoms. The Morgan fingerprint density at radius 2 is 2.18 bits per heavy atom. The van der Waals surface area contributed by atoms with E-state index in [2.05, 4.69) is 0 Å². The van der Waals surface area contributed by atoms with Crippen LogP contribution < -0.4 is 0 Å². The highest BCUT2D eigenvalue weighted by molar-refractivity contribution is 6.08. The Bertz CT molecular complexity index is 542. The van der Waals surface area contributed by atoms with E-state index < -0.39 is 5.79 Å². The minimum absolute atomic E-state index is 0.0343. The number of hydrogen-bond donors (Lipinski definition) is 0. The van der Waals surface area contributed by atoms with Crippen LogP contribution in [0.1, 0.15) is 11.1 Å². The summed E-state index contributed by atoms with van der Waals surface area (Å²) < 4.78 is 11.2. The molecule has 1 aliphatic carbocycles. The predicted molar refractivity (Wildman–Crippen MR) is 63.1 cm³/mol. The Balaban J connectivity index is 2.21. The van der Waals surface area contributed by atoms with Gasteiger partial charge in [-0.15, -0.1) is 0 Å². The lowest BCUT2D eigenvalue weighted by Crippen LogP contribution is -2.39. The van der Waals surface area contributed by atoms with E-state index in [1.807, 2.05) is 24.3 Å². The van der Waals surface area contributed by atoms with E-state index in [-0.39, 0.29) is 5.78 Å². The molecule has 86 valence electrons. The number of fused-ring (bicyclic) bond motifs is 3. The van der Waals surface area contributed by atoms with Gasteiger partial charge in [-0.3, -0.25) is 4.79 Å². The maximum atomic E-state index is 11.5. The average Bonchev–Trinajstić information content (AvgIpc) is 2.39. The summed E-state index contributed by atoms with van der Waals surface area (Å²) in [6.45, 7) is 0.486. The van der Waals surface area contributed by atoms with Crippen LogP contribution in [0.4, 0.5) is 0 Å².